The van der Waals surface area contributed by atoms with Crippen LogP contribution in [0.3, 0.4) is 0 Å². The summed E-state index contributed by atoms with van der Waals surface area (Å²) >= 11 is 6.63. The van der Waals surface area contributed by atoms with Crippen molar-refractivity contribution < 1.29 is 14.1 Å². The van der Waals surface area contributed by atoms with Crippen LogP contribution < -0.4 is 15.6 Å². The Morgan fingerprint density at radius 1 is 1.41 bits per heavy atom. The average Bonchev–Trinajstić information content (AvgIpc) is 3.40. The Labute approximate surface area is 170 Å². The van der Waals surface area contributed by atoms with E-state index in [4.69, 9.17) is 11.6 Å². The molecule has 1 aliphatic heterocycles. The van der Waals surface area contributed by atoms with Gasteiger partial charge < -0.3 is 14.8 Å². The molecule has 8 nitrogen and oxygen atoms in total. The largest absolute Gasteiger partial charge is 0.366 e. The number of carbonyl (C=O) groups excluding carboxylic acids is 1. The van der Waals surface area contributed by atoms with Crippen LogP contribution in [0.25, 0.3) is 10.9 Å². The van der Waals surface area contributed by atoms with Crippen LogP contribution in [0.2, 0.25) is 5.02 Å². The second-order valence-electron chi connectivity index (χ2n) is 7.56. The van der Waals surface area contributed by atoms with Gasteiger partial charge in [-0.15, -0.1) is 0 Å². The number of likely N-dealkylation sites (N-methyl/N-ethyl adjacent to an activating group) is 1. The van der Waals surface area contributed by atoms with E-state index in [0.717, 1.165) is 25.3 Å². The summed E-state index contributed by atoms with van der Waals surface area (Å²) in [5.41, 5.74) is -0.414. The van der Waals surface area contributed by atoms with E-state index in [-0.39, 0.29) is 33.7 Å². The van der Waals surface area contributed by atoms with Gasteiger partial charge in [0.1, 0.15) is 5.82 Å². The molecule has 1 N–H and O–H groups in total. The lowest BCUT2D eigenvalue weighted by atomic mass is 10.1. The lowest BCUT2D eigenvalue weighted by molar-refractivity contribution is -0.465. The summed E-state index contributed by atoms with van der Waals surface area (Å²) in [7, 11) is 1.85. The van der Waals surface area contributed by atoms with Crippen molar-refractivity contribution in [3.05, 3.63) is 49.0 Å². The molecule has 0 bridgehead atoms. The van der Waals surface area contributed by atoms with E-state index in [1.54, 1.807) is 4.57 Å². The first-order valence-corrected chi connectivity index (χ1v) is 9.83. The molecule has 0 unspecified atom stereocenters. The van der Waals surface area contributed by atoms with Gasteiger partial charge in [-0.2, -0.15) is 0 Å². The lowest BCUT2D eigenvalue weighted by Crippen LogP contribution is -2.30. The van der Waals surface area contributed by atoms with Crippen LogP contribution in [0.1, 0.15) is 35.7 Å². The molecule has 29 heavy (non-hydrogen) atoms. The number of aromatic nitrogens is 1. The van der Waals surface area contributed by atoms with E-state index < -0.39 is 28.5 Å². The van der Waals surface area contributed by atoms with Crippen molar-refractivity contribution >= 4 is 34.0 Å². The molecule has 2 aliphatic rings. The summed E-state index contributed by atoms with van der Waals surface area (Å²) in [4.78, 5) is 36.9. The number of hydrogen-bond donors (Lipinski definition) is 1. The highest BCUT2D eigenvalue weighted by Crippen LogP contribution is 2.42. The molecule has 4 rings (SSSR count). The van der Waals surface area contributed by atoms with Crippen LogP contribution in [0.5, 0.6) is 0 Å². The summed E-state index contributed by atoms with van der Waals surface area (Å²) in [5, 5.41) is 14.0. The van der Waals surface area contributed by atoms with Gasteiger partial charge in [-0.1, -0.05) is 11.6 Å². The highest BCUT2D eigenvalue weighted by atomic mass is 35.5. The Bertz CT molecular complexity index is 1080. The van der Waals surface area contributed by atoms with Crippen molar-refractivity contribution in [1.29, 1.82) is 0 Å². The molecule has 1 aliphatic carbocycles. The number of carbonyl (C=O) groups is 1. The summed E-state index contributed by atoms with van der Waals surface area (Å²) in [6.07, 6.45) is 3.85. The fourth-order valence-corrected chi connectivity index (χ4v) is 4.37. The number of ketones is 1. The number of Topliss-reactive ketones (excluding diaryl/α,β-unsaturated/α-hetero) is 1. The van der Waals surface area contributed by atoms with Gasteiger partial charge in [0.15, 0.2) is 0 Å². The second kappa shape index (κ2) is 7.38. The van der Waals surface area contributed by atoms with E-state index in [9.17, 15) is 19.7 Å². The molecular weight excluding hydrogens is 403 g/mol. The number of nitrogens with one attached hydrogen (secondary N) is 1. The van der Waals surface area contributed by atoms with Crippen LogP contribution in [0.15, 0.2) is 17.1 Å². The van der Waals surface area contributed by atoms with Crippen molar-refractivity contribution in [2.24, 2.45) is 0 Å². The number of anilines is 1. The Hall–Kier alpha value is -2.52. The molecule has 2 fully saturated rings. The number of fused-ring (bicyclic) bond motifs is 1. The van der Waals surface area contributed by atoms with E-state index in [1.165, 1.54) is 6.20 Å². The van der Waals surface area contributed by atoms with Gasteiger partial charge in [-0.3, -0.25) is 19.7 Å². The molecule has 1 aromatic heterocycles. The van der Waals surface area contributed by atoms with E-state index in [0.29, 0.717) is 18.6 Å². The van der Waals surface area contributed by atoms with Gasteiger partial charge in [0, 0.05) is 36.3 Å². The number of hydrogen-bond acceptors (Lipinski definition) is 6. The quantitative estimate of drug-likeness (QED) is 0.436. The molecule has 1 saturated heterocycles. The topological polar surface area (TPSA) is 97.5 Å². The highest BCUT2D eigenvalue weighted by Gasteiger charge is 2.32. The average molecular weight is 423 g/mol. The van der Waals surface area contributed by atoms with Crippen LogP contribution in [0, 0.1) is 15.9 Å². The number of benzene rings is 1. The Balaban J connectivity index is 1.92. The summed E-state index contributed by atoms with van der Waals surface area (Å²) in [6, 6.07) is 1.35. The smallest absolute Gasteiger partial charge is 0.266 e. The normalized spacial score (nSPS) is 19.1. The van der Waals surface area contributed by atoms with Gasteiger partial charge in [0.05, 0.1) is 27.2 Å². The predicted molar refractivity (Wildman–Crippen MR) is 107 cm³/mol. The summed E-state index contributed by atoms with van der Waals surface area (Å²) in [6.45, 7) is 0.228. The predicted octanol–water partition coefficient (Wildman–Crippen LogP) is 2.39. The zero-order valence-electron chi connectivity index (χ0n) is 15.8. The summed E-state index contributed by atoms with van der Waals surface area (Å²) < 4.78 is 16.8. The van der Waals surface area contributed by atoms with E-state index in [1.807, 2.05) is 11.9 Å². The number of pyridine rings is 1. The summed E-state index contributed by atoms with van der Waals surface area (Å²) in [5.74, 6) is -1.54. The van der Waals surface area contributed by atoms with Gasteiger partial charge in [-0.25, -0.2) is 4.39 Å². The van der Waals surface area contributed by atoms with Crippen molar-refractivity contribution in [3.8, 4) is 0 Å². The Morgan fingerprint density at radius 2 is 2.14 bits per heavy atom. The molecule has 2 heterocycles. The van der Waals surface area contributed by atoms with Crippen LogP contribution in [-0.4, -0.2) is 48.0 Å². The zero-order chi connectivity index (χ0) is 20.9. The molecule has 0 radical (unpaired) electrons. The third-order valence-corrected chi connectivity index (χ3v) is 5.97. The molecule has 1 saturated carbocycles. The number of nitrogens with zero attached hydrogens (tertiary/aromatic N) is 3. The first-order chi connectivity index (χ1) is 13.8. The fraction of sp³-hybridized carbons (Fsp3) is 0.474. The number of nitro groups is 1. The lowest BCUT2D eigenvalue weighted by Gasteiger charge is -2.23. The second-order valence-corrected chi connectivity index (χ2v) is 7.94. The molecule has 1 atom stereocenters. The highest BCUT2D eigenvalue weighted by molar-refractivity contribution is 6.38. The molecule has 10 heteroatoms. The monoisotopic (exact) mass is 422 g/mol. The Morgan fingerprint density at radius 3 is 2.72 bits per heavy atom. The van der Waals surface area contributed by atoms with E-state index in [2.05, 4.69) is 5.32 Å². The molecule has 154 valence electrons. The first-order valence-electron chi connectivity index (χ1n) is 9.45. The molecule has 0 spiro atoms. The Kier molecular flexibility index (Phi) is 5.04. The van der Waals surface area contributed by atoms with Gasteiger partial charge in [-0.05, 0) is 32.4 Å². The maximum absolute atomic E-state index is 15.0. The third kappa shape index (κ3) is 3.49. The van der Waals surface area contributed by atoms with Crippen molar-refractivity contribution in [3.63, 3.8) is 0 Å². The number of halogens is 2. The van der Waals surface area contributed by atoms with Crippen molar-refractivity contribution in [2.45, 2.75) is 31.3 Å². The standard InChI is InChI=1S/C19H20ClFN4O4/c1-22-10-4-5-23(7-10)18-14(21)6-12-17(16(18)20)24(11-2-3-11)8-13(19(12)27)15(26)9-25(28)29/h6,8,10-11,22H,2-5,7,9H2,1H3/t10-/m0/s1. The van der Waals surface area contributed by atoms with Gasteiger partial charge in [0.2, 0.25) is 11.2 Å². The fourth-order valence-electron chi connectivity index (χ4n) is 3.96. The maximum Gasteiger partial charge on any atom is 0.266 e. The molecule has 2 aromatic rings. The SMILES string of the molecule is CN[C@H]1CCN(c2c(F)cc3c(=O)c(C(=O)C[N+](=O)[O-])cn(C4CC4)c3c2Cl)C1. The zero-order valence-corrected chi connectivity index (χ0v) is 16.5. The van der Waals surface area contributed by atoms with Crippen molar-refractivity contribution in [1.82, 2.24) is 9.88 Å². The number of rotatable bonds is 6. The van der Waals surface area contributed by atoms with Crippen LogP contribution in [-0.2, 0) is 0 Å². The van der Waals surface area contributed by atoms with Gasteiger partial charge >= 0.3 is 0 Å². The van der Waals surface area contributed by atoms with Crippen molar-refractivity contribution in [2.75, 3.05) is 31.6 Å². The minimum atomic E-state index is -0.987. The third-order valence-electron chi connectivity index (χ3n) is 5.61. The van der Waals surface area contributed by atoms with Crippen LogP contribution >= 0.6 is 11.6 Å². The maximum atomic E-state index is 15.0. The van der Waals surface area contributed by atoms with E-state index >= 15 is 4.39 Å². The minimum absolute atomic E-state index is 0.0262. The first kappa shape index (κ1) is 19.8. The van der Waals surface area contributed by atoms with Gasteiger partial charge in [0.25, 0.3) is 6.54 Å². The molecular formula is C19H20ClFN4O4. The van der Waals surface area contributed by atoms with Crippen LogP contribution in [0.4, 0.5) is 10.1 Å². The minimum Gasteiger partial charge on any atom is -0.366 e. The molecule has 0 amide bonds. The molecule has 1 aromatic carbocycles.